The Balaban J connectivity index is 1.95. The van der Waals surface area contributed by atoms with E-state index in [4.69, 9.17) is 29.4 Å². The number of ether oxygens (including phenoxy) is 5. The number of phenolic OH excluding ortho intramolecular Hbond substituents is 1. The number of fused-ring (bicyclic) bond motifs is 2. The summed E-state index contributed by atoms with van der Waals surface area (Å²) in [6, 6.07) is 6.78. The average Bonchev–Trinajstić information content (AvgIpc) is 3.22. The van der Waals surface area contributed by atoms with E-state index in [1.807, 2.05) is 12.1 Å². The van der Waals surface area contributed by atoms with Crippen molar-refractivity contribution in [2.24, 2.45) is 17.6 Å². The van der Waals surface area contributed by atoms with Gasteiger partial charge in [0, 0.05) is 30.9 Å². The lowest BCUT2D eigenvalue weighted by Crippen LogP contribution is -2.40. The van der Waals surface area contributed by atoms with Gasteiger partial charge in [-0.25, -0.2) is 0 Å². The molecular weight excluding hydrogens is 390 g/mol. The van der Waals surface area contributed by atoms with E-state index >= 15 is 0 Å². The number of benzene rings is 2. The highest BCUT2D eigenvalue weighted by molar-refractivity contribution is 5.65. The van der Waals surface area contributed by atoms with Crippen LogP contribution in [0, 0.1) is 11.8 Å². The molecule has 8 nitrogen and oxygen atoms in total. The Labute approximate surface area is 174 Å². The largest absolute Gasteiger partial charge is 0.502 e. The first-order chi connectivity index (χ1) is 14.5. The van der Waals surface area contributed by atoms with Crippen LogP contribution in [0.1, 0.15) is 28.7 Å². The molecule has 1 aliphatic heterocycles. The third-order valence-electron chi connectivity index (χ3n) is 5.99. The lowest BCUT2D eigenvalue weighted by atomic mass is 9.65. The van der Waals surface area contributed by atoms with Crippen LogP contribution in [0.3, 0.4) is 0 Å². The first-order valence-corrected chi connectivity index (χ1v) is 9.62. The second kappa shape index (κ2) is 8.04. The number of hydrogen-bond acceptors (Lipinski definition) is 8. The molecule has 0 fully saturated rings. The molecule has 0 saturated heterocycles. The van der Waals surface area contributed by atoms with Crippen LogP contribution in [0.2, 0.25) is 0 Å². The fraction of sp³-hybridized carbons (Fsp3) is 0.409. The third kappa shape index (κ3) is 3.12. The van der Waals surface area contributed by atoms with Crippen LogP contribution in [-0.4, -0.2) is 46.1 Å². The zero-order chi connectivity index (χ0) is 21.4. The molecule has 2 aliphatic rings. The van der Waals surface area contributed by atoms with E-state index in [-0.39, 0.29) is 35.9 Å². The lowest BCUT2D eigenvalue weighted by molar-refractivity contribution is -0.114. The molecule has 0 bridgehead atoms. The molecule has 2 aromatic rings. The minimum atomic E-state index is -0.466. The number of carbonyl (C=O) groups excluding carboxylic acids is 1. The van der Waals surface area contributed by atoms with E-state index in [1.165, 1.54) is 14.2 Å². The topological polar surface area (TPSA) is 109 Å². The van der Waals surface area contributed by atoms with E-state index < -0.39 is 12.0 Å². The zero-order valence-electron chi connectivity index (χ0n) is 17.1. The summed E-state index contributed by atoms with van der Waals surface area (Å²) in [5, 5.41) is 10.3. The first kappa shape index (κ1) is 20.3. The van der Waals surface area contributed by atoms with E-state index in [2.05, 4.69) is 0 Å². The maximum atomic E-state index is 12.3. The molecule has 4 rings (SSSR count). The van der Waals surface area contributed by atoms with Crippen LogP contribution in [0.15, 0.2) is 24.3 Å². The summed E-state index contributed by atoms with van der Waals surface area (Å²) in [7, 11) is 4.52. The van der Waals surface area contributed by atoms with Crippen molar-refractivity contribution in [3.63, 3.8) is 0 Å². The molecule has 3 N–H and O–H groups in total. The summed E-state index contributed by atoms with van der Waals surface area (Å²) in [5.74, 6) is 0.573. The number of aldehydes is 1. The summed E-state index contributed by atoms with van der Waals surface area (Å²) in [4.78, 5) is 12.3. The standard InChI is InChI=1S/C22H25NO7/c1-26-9-15-14(8-24)20(11-4-18(27-2)22(25)19(5-11)28-3)12-6-16-17(30-10-29-16)7-13(12)21(15)23/h4-8,14-15,20-21,25H,9-10,23H2,1-3H3/t14-,15-,20?,21+/m0/s1. The number of nitrogens with two attached hydrogens (primary N) is 1. The highest BCUT2D eigenvalue weighted by Gasteiger charge is 2.43. The predicted molar refractivity (Wildman–Crippen MR) is 107 cm³/mol. The molecule has 0 spiro atoms. The third-order valence-corrected chi connectivity index (χ3v) is 5.99. The Morgan fingerprint density at radius 3 is 2.20 bits per heavy atom. The molecule has 2 aromatic carbocycles. The van der Waals surface area contributed by atoms with Crippen LogP contribution >= 0.6 is 0 Å². The van der Waals surface area contributed by atoms with Crippen LogP contribution in [0.5, 0.6) is 28.7 Å². The Morgan fingerprint density at radius 1 is 1.07 bits per heavy atom. The molecule has 1 aliphatic carbocycles. The van der Waals surface area contributed by atoms with Crippen molar-refractivity contribution in [2.75, 3.05) is 34.7 Å². The zero-order valence-corrected chi connectivity index (χ0v) is 17.1. The Kier molecular flexibility index (Phi) is 5.44. The van der Waals surface area contributed by atoms with Gasteiger partial charge in [0.15, 0.2) is 23.0 Å². The Bertz CT molecular complexity index is 936. The predicted octanol–water partition coefficient (Wildman–Crippen LogP) is 2.36. The highest BCUT2D eigenvalue weighted by atomic mass is 16.7. The number of aromatic hydroxyl groups is 1. The number of phenols is 1. The van der Waals surface area contributed by atoms with Gasteiger partial charge in [0.1, 0.15) is 6.29 Å². The smallest absolute Gasteiger partial charge is 0.231 e. The molecule has 8 heteroatoms. The van der Waals surface area contributed by atoms with Crippen LogP contribution < -0.4 is 24.7 Å². The second-order valence-electron chi connectivity index (χ2n) is 7.44. The normalized spacial score (nSPS) is 24.3. The van der Waals surface area contributed by atoms with Gasteiger partial charge in [0.05, 0.1) is 20.8 Å². The average molecular weight is 415 g/mol. The van der Waals surface area contributed by atoms with Gasteiger partial charge in [-0.05, 0) is 41.0 Å². The molecule has 0 aromatic heterocycles. The summed E-state index contributed by atoms with van der Waals surface area (Å²) < 4.78 is 27.2. The molecule has 0 amide bonds. The van der Waals surface area contributed by atoms with Crippen molar-refractivity contribution in [3.05, 3.63) is 41.0 Å². The number of hydrogen-bond donors (Lipinski definition) is 2. The Morgan fingerprint density at radius 2 is 1.67 bits per heavy atom. The number of rotatable bonds is 6. The number of carbonyl (C=O) groups is 1. The maximum absolute atomic E-state index is 12.3. The van der Waals surface area contributed by atoms with E-state index in [1.54, 1.807) is 19.2 Å². The molecule has 0 saturated carbocycles. The lowest BCUT2D eigenvalue weighted by Gasteiger charge is -2.41. The summed E-state index contributed by atoms with van der Waals surface area (Å²) >= 11 is 0. The van der Waals surface area contributed by atoms with Gasteiger partial charge in [-0.2, -0.15) is 0 Å². The fourth-order valence-corrected chi connectivity index (χ4v) is 4.54. The van der Waals surface area contributed by atoms with Gasteiger partial charge in [-0.3, -0.25) is 0 Å². The number of methoxy groups -OCH3 is 3. The SMILES string of the molecule is COC[C@@H]1[C@H](N)c2cc3c(cc2C(c2cc(OC)c(O)c(OC)c2)[C@H]1C=O)OCO3. The van der Waals surface area contributed by atoms with E-state index in [0.717, 1.165) is 23.0 Å². The van der Waals surface area contributed by atoms with E-state index in [9.17, 15) is 9.90 Å². The fourth-order valence-electron chi connectivity index (χ4n) is 4.54. The van der Waals surface area contributed by atoms with Crippen molar-refractivity contribution < 1.29 is 33.6 Å². The van der Waals surface area contributed by atoms with Gasteiger partial charge >= 0.3 is 0 Å². The summed E-state index contributed by atoms with van der Waals surface area (Å²) in [6.45, 7) is 0.457. The van der Waals surface area contributed by atoms with E-state index in [0.29, 0.717) is 18.1 Å². The van der Waals surface area contributed by atoms with Crippen molar-refractivity contribution in [1.29, 1.82) is 0 Å². The maximum Gasteiger partial charge on any atom is 0.231 e. The van der Waals surface area contributed by atoms with Gasteiger partial charge in [-0.15, -0.1) is 0 Å². The minimum Gasteiger partial charge on any atom is -0.502 e. The van der Waals surface area contributed by atoms with Crippen LogP contribution in [-0.2, 0) is 9.53 Å². The van der Waals surface area contributed by atoms with Gasteiger partial charge in [0.2, 0.25) is 12.5 Å². The molecule has 1 unspecified atom stereocenters. The Hall–Kier alpha value is -2.97. The van der Waals surface area contributed by atoms with Crippen LogP contribution in [0.25, 0.3) is 0 Å². The summed E-state index contributed by atoms with van der Waals surface area (Å²) in [5.41, 5.74) is 9.08. The molecule has 30 heavy (non-hydrogen) atoms. The van der Waals surface area contributed by atoms with Crippen molar-refractivity contribution >= 4 is 6.29 Å². The van der Waals surface area contributed by atoms with Crippen molar-refractivity contribution in [2.45, 2.75) is 12.0 Å². The minimum absolute atomic E-state index is 0.0988. The molecule has 1 heterocycles. The molecule has 0 radical (unpaired) electrons. The molecular formula is C22H25NO7. The monoisotopic (exact) mass is 415 g/mol. The van der Waals surface area contributed by atoms with Crippen molar-refractivity contribution in [3.8, 4) is 28.7 Å². The quantitative estimate of drug-likeness (QED) is 0.692. The highest BCUT2D eigenvalue weighted by Crippen LogP contribution is 2.52. The van der Waals surface area contributed by atoms with Crippen LogP contribution in [0.4, 0.5) is 0 Å². The molecule has 160 valence electrons. The van der Waals surface area contributed by atoms with Gasteiger partial charge < -0.3 is 39.3 Å². The molecule has 4 atom stereocenters. The second-order valence-corrected chi connectivity index (χ2v) is 7.44. The van der Waals surface area contributed by atoms with Crippen molar-refractivity contribution in [1.82, 2.24) is 0 Å². The first-order valence-electron chi connectivity index (χ1n) is 9.62. The van der Waals surface area contributed by atoms with Gasteiger partial charge in [0.25, 0.3) is 0 Å². The van der Waals surface area contributed by atoms with Gasteiger partial charge in [-0.1, -0.05) is 0 Å². The summed E-state index contributed by atoms with van der Waals surface area (Å²) in [6.07, 6.45) is 0.924.